The summed E-state index contributed by atoms with van der Waals surface area (Å²) in [5.74, 6) is 0.570. The highest BCUT2D eigenvalue weighted by molar-refractivity contribution is 6.33. The van der Waals surface area contributed by atoms with E-state index in [9.17, 15) is 13.2 Å². The molecule has 35 heavy (non-hydrogen) atoms. The van der Waals surface area contributed by atoms with E-state index in [2.05, 4.69) is 15.2 Å². The molecule has 9 heteroatoms. The van der Waals surface area contributed by atoms with E-state index in [1.165, 1.54) is 6.07 Å². The molecule has 0 aliphatic rings. The minimum atomic E-state index is -4.49. The molecule has 4 nitrogen and oxygen atoms in total. The number of nitrogens with zero attached hydrogens (tertiary/aromatic N) is 4. The van der Waals surface area contributed by atoms with Gasteiger partial charge in [-0.2, -0.15) is 13.2 Å². The van der Waals surface area contributed by atoms with Crippen molar-refractivity contribution in [3.8, 4) is 22.3 Å². The van der Waals surface area contributed by atoms with Crippen LogP contribution in [0.3, 0.4) is 0 Å². The van der Waals surface area contributed by atoms with E-state index in [4.69, 9.17) is 23.2 Å². The van der Waals surface area contributed by atoms with Crippen molar-refractivity contribution in [1.29, 1.82) is 0 Å². The first-order valence-corrected chi connectivity index (χ1v) is 11.4. The van der Waals surface area contributed by atoms with Gasteiger partial charge in [0.25, 0.3) is 0 Å². The zero-order chi connectivity index (χ0) is 24.7. The van der Waals surface area contributed by atoms with Crippen LogP contribution in [0.15, 0.2) is 72.9 Å². The molecule has 3 heterocycles. The minimum absolute atomic E-state index is 0.264. The van der Waals surface area contributed by atoms with E-state index in [1.807, 2.05) is 65.2 Å². The zero-order valence-electron chi connectivity index (χ0n) is 18.3. The Kier molecular flexibility index (Phi) is 5.99. The highest BCUT2D eigenvalue weighted by Gasteiger charge is 2.32. The first-order chi connectivity index (χ1) is 16.7. The maximum absolute atomic E-state index is 13.0. The Morgan fingerprint density at radius 3 is 2.29 bits per heavy atom. The van der Waals surface area contributed by atoms with Crippen LogP contribution >= 0.6 is 23.2 Å². The number of aromatic nitrogens is 4. The maximum atomic E-state index is 13.0. The third-order valence-corrected chi connectivity index (χ3v) is 6.35. The third-order valence-electron chi connectivity index (χ3n) is 5.77. The van der Waals surface area contributed by atoms with Crippen LogP contribution in [0.5, 0.6) is 0 Å². The molecule has 0 spiro atoms. The van der Waals surface area contributed by atoms with Crippen molar-refractivity contribution in [2.24, 2.45) is 0 Å². The van der Waals surface area contributed by atoms with Crippen LogP contribution in [0.2, 0.25) is 10.0 Å². The molecule has 0 aliphatic carbocycles. The zero-order valence-corrected chi connectivity index (χ0v) is 19.8. The molecule has 176 valence electrons. The molecule has 0 saturated heterocycles. The van der Waals surface area contributed by atoms with Gasteiger partial charge in [0.1, 0.15) is 11.5 Å². The normalized spacial score (nSPS) is 11.8. The Balaban J connectivity index is 1.64. The van der Waals surface area contributed by atoms with Crippen LogP contribution in [0.1, 0.15) is 22.8 Å². The van der Waals surface area contributed by atoms with Gasteiger partial charge >= 0.3 is 6.18 Å². The van der Waals surface area contributed by atoms with E-state index in [1.54, 1.807) is 6.92 Å². The number of hydrogen-bond acceptors (Lipinski definition) is 3. The predicted octanol–water partition coefficient (Wildman–Crippen LogP) is 7.68. The molecule has 0 aliphatic heterocycles. The molecule has 0 bridgehead atoms. The molecule has 0 amide bonds. The summed E-state index contributed by atoms with van der Waals surface area (Å²) in [6.07, 6.45) is -2.32. The number of aryl methyl sites for hydroxylation is 1. The smallest absolute Gasteiger partial charge is 0.285 e. The van der Waals surface area contributed by atoms with Crippen molar-refractivity contribution in [2.45, 2.75) is 19.5 Å². The number of benzene rings is 2. The van der Waals surface area contributed by atoms with Gasteiger partial charge in [-0.25, -0.2) is 4.98 Å². The lowest BCUT2D eigenvalue weighted by Crippen LogP contribution is -2.10. The monoisotopic (exact) mass is 512 g/mol. The molecule has 0 fully saturated rings. The highest BCUT2D eigenvalue weighted by atomic mass is 35.5. The molecule has 5 rings (SSSR count). The lowest BCUT2D eigenvalue weighted by atomic mass is 9.96. The number of rotatable bonds is 4. The quantitative estimate of drug-likeness (QED) is 0.248. The van der Waals surface area contributed by atoms with Gasteiger partial charge in [0.2, 0.25) is 0 Å². The molecular formula is C26H17Cl2F3N4. The van der Waals surface area contributed by atoms with Crippen LogP contribution in [0.4, 0.5) is 13.2 Å². The molecule has 0 N–H and O–H groups in total. The highest BCUT2D eigenvalue weighted by Crippen LogP contribution is 2.37. The van der Waals surface area contributed by atoms with Gasteiger partial charge in [-0.15, -0.1) is 10.2 Å². The van der Waals surface area contributed by atoms with Crippen LogP contribution in [0, 0.1) is 6.92 Å². The Bertz CT molecular complexity index is 1540. The van der Waals surface area contributed by atoms with E-state index in [0.29, 0.717) is 32.8 Å². The second-order valence-corrected chi connectivity index (χ2v) is 8.89. The average Bonchev–Trinajstić information content (AvgIpc) is 3.21. The number of hydrogen-bond donors (Lipinski definition) is 0. The van der Waals surface area contributed by atoms with Crippen LogP contribution in [0.25, 0.3) is 27.9 Å². The number of fused-ring (bicyclic) bond motifs is 1. The standard InChI is InChI=1S/C26H17Cl2F3N4/c1-15-17(8-11-23(32-15)26(29,30)31)12-24-33-34-25-13-20(16-6-9-18(27)10-7-16)21(14-35(24)25)19-4-2-3-5-22(19)28/h2-11,13-14H,12H2,1H3. The van der Waals surface area contributed by atoms with Gasteiger partial charge in [-0.05, 0) is 53.9 Å². The van der Waals surface area contributed by atoms with Crippen molar-refractivity contribution in [3.63, 3.8) is 0 Å². The van der Waals surface area contributed by atoms with E-state index in [-0.39, 0.29) is 6.42 Å². The lowest BCUT2D eigenvalue weighted by molar-refractivity contribution is -0.141. The summed E-state index contributed by atoms with van der Waals surface area (Å²) >= 11 is 12.6. The van der Waals surface area contributed by atoms with Crippen molar-refractivity contribution >= 4 is 28.8 Å². The number of halogens is 5. The maximum Gasteiger partial charge on any atom is 0.433 e. The van der Waals surface area contributed by atoms with Crippen LogP contribution < -0.4 is 0 Å². The summed E-state index contributed by atoms with van der Waals surface area (Å²) in [7, 11) is 0. The molecule has 2 aromatic carbocycles. The second kappa shape index (κ2) is 8.98. The summed E-state index contributed by atoms with van der Waals surface area (Å²) in [5.41, 5.74) is 4.11. The fraction of sp³-hybridized carbons (Fsp3) is 0.115. The Labute approximate surface area is 209 Å². The second-order valence-electron chi connectivity index (χ2n) is 8.05. The Morgan fingerprint density at radius 2 is 1.60 bits per heavy atom. The summed E-state index contributed by atoms with van der Waals surface area (Å²) in [5, 5.41) is 9.84. The SMILES string of the molecule is Cc1nc(C(F)(F)F)ccc1Cc1nnc2cc(-c3ccc(Cl)cc3)c(-c3ccccc3Cl)cn12. The topological polar surface area (TPSA) is 43.1 Å². The van der Waals surface area contributed by atoms with E-state index in [0.717, 1.165) is 28.3 Å². The van der Waals surface area contributed by atoms with E-state index >= 15 is 0 Å². The van der Waals surface area contributed by atoms with Gasteiger partial charge < -0.3 is 0 Å². The van der Waals surface area contributed by atoms with Gasteiger partial charge in [0, 0.05) is 39.5 Å². The predicted molar refractivity (Wildman–Crippen MR) is 131 cm³/mol. The van der Waals surface area contributed by atoms with E-state index < -0.39 is 11.9 Å². The third kappa shape index (κ3) is 4.61. The Hall–Kier alpha value is -3.42. The van der Waals surface area contributed by atoms with Crippen molar-refractivity contribution in [3.05, 3.63) is 106 Å². The fourth-order valence-electron chi connectivity index (χ4n) is 3.97. The molecule has 0 atom stereocenters. The Morgan fingerprint density at radius 1 is 0.857 bits per heavy atom. The first-order valence-electron chi connectivity index (χ1n) is 10.6. The largest absolute Gasteiger partial charge is 0.433 e. The van der Waals surface area contributed by atoms with Crippen molar-refractivity contribution in [1.82, 2.24) is 19.6 Å². The lowest BCUT2D eigenvalue weighted by Gasteiger charge is -2.14. The summed E-state index contributed by atoms with van der Waals surface area (Å²) in [6.45, 7) is 1.56. The van der Waals surface area contributed by atoms with Gasteiger partial charge in [-0.1, -0.05) is 59.6 Å². The van der Waals surface area contributed by atoms with Crippen molar-refractivity contribution in [2.75, 3.05) is 0 Å². The summed E-state index contributed by atoms with van der Waals surface area (Å²) in [6, 6.07) is 19.3. The minimum Gasteiger partial charge on any atom is -0.285 e. The molecular weight excluding hydrogens is 496 g/mol. The molecule has 3 aromatic heterocycles. The van der Waals surface area contributed by atoms with Crippen LogP contribution in [-0.2, 0) is 12.6 Å². The average molecular weight is 513 g/mol. The van der Waals surface area contributed by atoms with Crippen LogP contribution in [-0.4, -0.2) is 19.6 Å². The number of alkyl halides is 3. The van der Waals surface area contributed by atoms with Gasteiger partial charge in [0.15, 0.2) is 5.65 Å². The molecule has 0 radical (unpaired) electrons. The van der Waals surface area contributed by atoms with Gasteiger partial charge in [-0.3, -0.25) is 4.40 Å². The molecule has 0 saturated carbocycles. The number of pyridine rings is 2. The molecule has 5 aromatic rings. The summed E-state index contributed by atoms with van der Waals surface area (Å²) < 4.78 is 40.9. The van der Waals surface area contributed by atoms with Gasteiger partial charge in [0.05, 0.1) is 0 Å². The fourth-order valence-corrected chi connectivity index (χ4v) is 4.33. The summed E-state index contributed by atoms with van der Waals surface area (Å²) in [4.78, 5) is 3.73. The first kappa shape index (κ1) is 23.3. The van der Waals surface area contributed by atoms with Crippen molar-refractivity contribution < 1.29 is 13.2 Å². The molecule has 0 unspecified atom stereocenters.